The Morgan fingerprint density at radius 3 is 2.85 bits per heavy atom. The van der Waals surface area contributed by atoms with E-state index in [-0.39, 0.29) is 23.0 Å². The van der Waals surface area contributed by atoms with Crippen LogP contribution >= 0.6 is 0 Å². The van der Waals surface area contributed by atoms with Crippen LogP contribution in [-0.4, -0.2) is 46.8 Å². The highest BCUT2D eigenvalue weighted by molar-refractivity contribution is 5.83. The number of piperidine rings is 1. The third-order valence-corrected chi connectivity index (χ3v) is 4.97. The van der Waals surface area contributed by atoms with Crippen molar-refractivity contribution in [2.75, 3.05) is 19.6 Å². The minimum atomic E-state index is -0.387. The Labute approximate surface area is 121 Å². The second kappa shape index (κ2) is 7.50. The average molecular weight is 283 g/mol. The van der Waals surface area contributed by atoms with Crippen molar-refractivity contribution in [2.45, 2.75) is 57.9 Å². The smallest absolute Gasteiger partial charge is 0.149 e. The van der Waals surface area contributed by atoms with E-state index >= 15 is 0 Å². The summed E-state index contributed by atoms with van der Waals surface area (Å²) in [5, 5.41) is 20.1. The Morgan fingerprint density at radius 1 is 1.35 bits per heavy atom. The standard InChI is InChI=1S/C15H27N2O3/c1-2-12-5-4-8-16(10-12)11-15(18)13-6-3-7-14(9-13)17(19)20/h12-14,19H,2-11H2,1H3/q-1. The summed E-state index contributed by atoms with van der Waals surface area (Å²) in [5.41, 5.74) is 0. The van der Waals surface area contributed by atoms with Gasteiger partial charge in [-0.3, -0.25) is 14.9 Å². The van der Waals surface area contributed by atoms with E-state index in [0.717, 1.165) is 31.8 Å². The summed E-state index contributed by atoms with van der Waals surface area (Å²) in [6.45, 7) is 4.79. The number of likely N-dealkylation sites (tertiary alicyclic amines) is 1. The molecule has 0 aromatic heterocycles. The maximum atomic E-state index is 12.4. The van der Waals surface area contributed by atoms with Crippen LogP contribution in [0.4, 0.5) is 0 Å². The number of hydrogen-bond acceptors (Lipinski definition) is 5. The summed E-state index contributed by atoms with van der Waals surface area (Å²) in [6, 6.07) is -0.387. The van der Waals surface area contributed by atoms with Gasteiger partial charge >= 0.3 is 0 Å². The zero-order chi connectivity index (χ0) is 14.5. The number of hydroxylamine groups is 2. The van der Waals surface area contributed by atoms with E-state index < -0.39 is 0 Å². The van der Waals surface area contributed by atoms with Crippen molar-refractivity contribution in [3.05, 3.63) is 5.21 Å². The summed E-state index contributed by atoms with van der Waals surface area (Å²) in [5.74, 6) is 0.942. The topological polar surface area (TPSA) is 66.8 Å². The van der Waals surface area contributed by atoms with Gasteiger partial charge in [0, 0.05) is 18.5 Å². The van der Waals surface area contributed by atoms with Gasteiger partial charge < -0.3 is 10.4 Å². The van der Waals surface area contributed by atoms with Crippen molar-refractivity contribution >= 4 is 5.78 Å². The zero-order valence-electron chi connectivity index (χ0n) is 12.5. The van der Waals surface area contributed by atoms with Gasteiger partial charge in [0.15, 0.2) is 0 Å². The maximum absolute atomic E-state index is 12.4. The summed E-state index contributed by atoms with van der Waals surface area (Å²) >= 11 is 0. The highest BCUT2D eigenvalue weighted by atomic mass is 16.8. The van der Waals surface area contributed by atoms with Gasteiger partial charge in [0.2, 0.25) is 0 Å². The molecule has 0 aromatic rings. The lowest BCUT2D eigenvalue weighted by Gasteiger charge is -2.38. The molecule has 2 aliphatic rings. The molecule has 20 heavy (non-hydrogen) atoms. The van der Waals surface area contributed by atoms with Crippen molar-refractivity contribution in [1.29, 1.82) is 0 Å². The Bertz CT molecular complexity index is 322. The van der Waals surface area contributed by atoms with Crippen LogP contribution in [0.25, 0.3) is 0 Å². The summed E-state index contributed by atoms with van der Waals surface area (Å²) in [6.07, 6.45) is 6.60. The lowest BCUT2D eigenvalue weighted by atomic mass is 9.83. The number of nitrogens with zero attached hydrogens (tertiary/aromatic N) is 2. The van der Waals surface area contributed by atoms with Crippen molar-refractivity contribution in [3.63, 3.8) is 0 Å². The molecule has 1 saturated carbocycles. The van der Waals surface area contributed by atoms with Crippen LogP contribution in [-0.2, 0) is 4.79 Å². The molecular formula is C15H27N2O3-. The van der Waals surface area contributed by atoms with Crippen molar-refractivity contribution in [1.82, 2.24) is 10.1 Å². The van der Waals surface area contributed by atoms with Crippen LogP contribution in [0, 0.1) is 17.0 Å². The SMILES string of the molecule is CCC1CCCN(CC(=O)C2CCCC(N([O-])O)C2)C1. The van der Waals surface area contributed by atoms with Gasteiger partial charge in [-0.15, -0.1) is 0 Å². The van der Waals surface area contributed by atoms with Crippen LogP contribution in [0.15, 0.2) is 0 Å². The van der Waals surface area contributed by atoms with Gasteiger partial charge in [-0.2, -0.15) is 0 Å². The molecule has 0 spiro atoms. The Morgan fingerprint density at radius 2 is 2.15 bits per heavy atom. The molecule has 3 unspecified atom stereocenters. The fourth-order valence-electron chi connectivity index (χ4n) is 3.63. The third-order valence-electron chi connectivity index (χ3n) is 4.97. The molecule has 0 amide bonds. The molecule has 0 radical (unpaired) electrons. The summed E-state index contributed by atoms with van der Waals surface area (Å²) < 4.78 is 0. The Hall–Kier alpha value is -0.490. The van der Waals surface area contributed by atoms with Crippen LogP contribution in [0.3, 0.4) is 0 Å². The highest BCUT2D eigenvalue weighted by Crippen LogP contribution is 2.28. The quantitative estimate of drug-likeness (QED) is 0.785. The first-order chi connectivity index (χ1) is 9.60. The average Bonchev–Trinajstić information content (AvgIpc) is 2.47. The van der Waals surface area contributed by atoms with E-state index in [0.29, 0.717) is 19.4 Å². The normalized spacial score (nSPS) is 32.5. The first-order valence-electron chi connectivity index (χ1n) is 8.00. The molecule has 1 aliphatic heterocycles. The van der Waals surface area contributed by atoms with Crippen molar-refractivity contribution in [2.24, 2.45) is 11.8 Å². The number of Topliss-reactive ketones (excluding diaryl/α,β-unsaturated/α-hetero) is 1. The molecule has 1 heterocycles. The van der Waals surface area contributed by atoms with Crippen LogP contribution < -0.4 is 0 Å². The van der Waals surface area contributed by atoms with Crippen LogP contribution in [0.1, 0.15) is 51.9 Å². The first kappa shape index (κ1) is 15.9. The molecule has 0 aromatic carbocycles. The molecule has 1 N–H and O–H groups in total. The minimum Gasteiger partial charge on any atom is -0.762 e. The zero-order valence-corrected chi connectivity index (χ0v) is 12.5. The lowest BCUT2D eigenvalue weighted by molar-refractivity contribution is -0.130. The summed E-state index contributed by atoms with van der Waals surface area (Å²) in [4.78, 5) is 14.7. The number of carbonyl (C=O) groups excluding carboxylic acids is 1. The van der Waals surface area contributed by atoms with Gasteiger partial charge in [-0.25, -0.2) is 0 Å². The molecule has 3 atom stereocenters. The predicted molar refractivity (Wildman–Crippen MR) is 77.2 cm³/mol. The number of ketones is 1. The molecule has 1 aliphatic carbocycles. The second-order valence-electron chi connectivity index (χ2n) is 6.44. The fraction of sp³-hybridized carbons (Fsp3) is 0.933. The van der Waals surface area contributed by atoms with E-state index in [2.05, 4.69) is 11.8 Å². The number of carbonyl (C=O) groups is 1. The summed E-state index contributed by atoms with van der Waals surface area (Å²) in [7, 11) is 0. The monoisotopic (exact) mass is 283 g/mol. The molecule has 5 nitrogen and oxygen atoms in total. The number of rotatable bonds is 5. The van der Waals surface area contributed by atoms with Crippen molar-refractivity contribution in [3.8, 4) is 0 Å². The van der Waals surface area contributed by atoms with E-state index in [1.807, 2.05) is 0 Å². The van der Waals surface area contributed by atoms with E-state index in [9.17, 15) is 10.0 Å². The van der Waals surface area contributed by atoms with E-state index in [1.165, 1.54) is 19.3 Å². The van der Waals surface area contributed by atoms with Gasteiger partial charge in [-0.1, -0.05) is 19.8 Å². The minimum absolute atomic E-state index is 0.0423. The molecular weight excluding hydrogens is 256 g/mol. The molecule has 5 heteroatoms. The fourth-order valence-corrected chi connectivity index (χ4v) is 3.63. The van der Waals surface area contributed by atoms with Gasteiger partial charge in [-0.05, 0) is 44.6 Å². The Kier molecular flexibility index (Phi) is 5.96. The molecule has 116 valence electrons. The Balaban J connectivity index is 1.81. The van der Waals surface area contributed by atoms with Gasteiger partial charge in [0.1, 0.15) is 5.78 Å². The first-order valence-corrected chi connectivity index (χ1v) is 8.00. The van der Waals surface area contributed by atoms with Gasteiger partial charge in [0.25, 0.3) is 0 Å². The highest BCUT2D eigenvalue weighted by Gasteiger charge is 2.29. The maximum Gasteiger partial charge on any atom is 0.149 e. The lowest BCUT2D eigenvalue weighted by Crippen LogP contribution is -2.42. The predicted octanol–water partition coefficient (Wildman–Crippen LogP) is 2.43. The van der Waals surface area contributed by atoms with Crippen LogP contribution in [0.5, 0.6) is 0 Å². The number of hydrogen-bond donors (Lipinski definition) is 1. The molecule has 2 rings (SSSR count). The molecule has 2 fully saturated rings. The second-order valence-corrected chi connectivity index (χ2v) is 6.44. The molecule has 0 bridgehead atoms. The van der Waals surface area contributed by atoms with Gasteiger partial charge in [0.05, 0.1) is 6.54 Å². The molecule has 1 saturated heterocycles. The van der Waals surface area contributed by atoms with E-state index in [1.54, 1.807) is 0 Å². The van der Waals surface area contributed by atoms with E-state index in [4.69, 9.17) is 5.21 Å². The van der Waals surface area contributed by atoms with Crippen molar-refractivity contribution < 1.29 is 10.0 Å². The largest absolute Gasteiger partial charge is 0.762 e. The van der Waals surface area contributed by atoms with Crippen LogP contribution in [0.2, 0.25) is 0 Å². The third kappa shape index (κ3) is 4.25.